The lowest BCUT2D eigenvalue weighted by atomic mass is 10.3. The number of allylic oxidation sites excluding steroid dienone is 2. The van der Waals surface area contributed by atoms with Crippen molar-refractivity contribution >= 4 is 0 Å². The van der Waals surface area contributed by atoms with Crippen LogP contribution in [0.5, 0.6) is 0 Å². The summed E-state index contributed by atoms with van der Waals surface area (Å²) in [6, 6.07) is 0. The van der Waals surface area contributed by atoms with Gasteiger partial charge >= 0.3 is 0 Å². The van der Waals surface area contributed by atoms with Gasteiger partial charge in [-0.3, -0.25) is 0 Å². The van der Waals surface area contributed by atoms with E-state index in [0.29, 0.717) is 0 Å². The Morgan fingerprint density at radius 3 is 3.00 bits per heavy atom. The maximum absolute atomic E-state index is 5.47. The molecule has 0 saturated heterocycles. The summed E-state index contributed by atoms with van der Waals surface area (Å²) in [6.45, 7) is 3.81. The standard InChI is InChI=1S/C9H16N2O/c1-8-9(4-5-10-2)12-7-6-11(8)3/h4-5,10H,6-7H2,1-3H3/b5-4-. The highest BCUT2D eigenvalue weighted by Gasteiger charge is 2.11. The van der Waals surface area contributed by atoms with Gasteiger partial charge in [-0.1, -0.05) is 0 Å². The van der Waals surface area contributed by atoms with Gasteiger partial charge in [0.25, 0.3) is 0 Å². The highest BCUT2D eigenvalue weighted by atomic mass is 16.5. The van der Waals surface area contributed by atoms with E-state index in [2.05, 4.69) is 24.2 Å². The fourth-order valence-electron chi connectivity index (χ4n) is 1.08. The van der Waals surface area contributed by atoms with Crippen LogP contribution in [0.1, 0.15) is 6.92 Å². The average Bonchev–Trinajstić information content (AvgIpc) is 2.08. The molecule has 0 spiro atoms. The Balaban J connectivity index is 2.71. The number of hydrogen-bond acceptors (Lipinski definition) is 3. The van der Waals surface area contributed by atoms with Gasteiger partial charge in [-0.2, -0.15) is 0 Å². The Labute approximate surface area is 73.7 Å². The van der Waals surface area contributed by atoms with Gasteiger partial charge in [-0.25, -0.2) is 0 Å². The van der Waals surface area contributed by atoms with E-state index in [9.17, 15) is 0 Å². The smallest absolute Gasteiger partial charge is 0.139 e. The van der Waals surface area contributed by atoms with Crippen LogP contribution >= 0.6 is 0 Å². The molecule has 0 bridgehead atoms. The zero-order valence-corrected chi connectivity index (χ0v) is 7.92. The molecule has 0 aliphatic carbocycles. The van der Waals surface area contributed by atoms with Crippen molar-refractivity contribution in [2.45, 2.75) is 6.92 Å². The average molecular weight is 168 g/mol. The molecule has 0 aromatic heterocycles. The van der Waals surface area contributed by atoms with Gasteiger partial charge in [0.2, 0.25) is 0 Å². The van der Waals surface area contributed by atoms with E-state index in [4.69, 9.17) is 4.74 Å². The second-order valence-corrected chi connectivity index (χ2v) is 2.84. The van der Waals surface area contributed by atoms with E-state index < -0.39 is 0 Å². The zero-order chi connectivity index (χ0) is 8.97. The SMILES string of the molecule is CN/C=C\C1=C(C)N(C)CCO1. The molecule has 1 rings (SSSR count). The van der Waals surface area contributed by atoms with Crippen molar-refractivity contribution in [3.63, 3.8) is 0 Å². The molecular formula is C9H16N2O. The van der Waals surface area contributed by atoms with Crippen LogP contribution in [-0.4, -0.2) is 32.1 Å². The summed E-state index contributed by atoms with van der Waals surface area (Å²) < 4.78 is 5.47. The molecule has 0 saturated carbocycles. The summed E-state index contributed by atoms with van der Waals surface area (Å²) in [5.74, 6) is 0.957. The van der Waals surface area contributed by atoms with Gasteiger partial charge in [0.05, 0.1) is 12.2 Å². The Bertz CT molecular complexity index is 209. The van der Waals surface area contributed by atoms with Crippen molar-refractivity contribution in [1.82, 2.24) is 10.2 Å². The third-order valence-corrected chi connectivity index (χ3v) is 2.01. The van der Waals surface area contributed by atoms with Crippen molar-refractivity contribution in [3.8, 4) is 0 Å². The minimum atomic E-state index is 0.775. The predicted molar refractivity (Wildman–Crippen MR) is 49.5 cm³/mol. The van der Waals surface area contributed by atoms with E-state index in [0.717, 1.165) is 18.9 Å². The van der Waals surface area contributed by atoms with Crippen LogP contribution in [0, 0.1) is 0 Å². The summed E-state index contributed by atoms with van der Waals surface area (Å²) in [4.78, 5) is 2.19. The first-order valence-corrected chi connectivity index (χ1v) is 4.14. The molecule has 0 aromatic rings. The van der Waals surface area contributed by atoms with Gasteiger partial charge < -0.3 is 15.0 Å². The van der Waals surface area contributed by atoms with Gasteiger partial charge in [0.15, 0.2) is 0 Å². The van der Waals surface area contributed by atoms with Gasteiger partial charge in [0, 0.05) is 14.1 Å². The van der Waals surface area contributed by atoms with Crippen LogP contribution in [0.15, 0.2) is 23.7 Å². The molecule has 1 N–H and O–H groups in total. The molecule has 1 heterocycles. The molecule has 12 heavy (non-hydrogen) atoms. The van der Waals surface area contributed by atoms with Gasteiger partial charge in [-0.05, 0) is 19.2 Å². The normalized spacial score (nSPS) is 18.4. The first-order chi connectivity index (χ1) is 5.75. The first-order valence-electron chi connectivity index (χ1n) is 4.14. The molecule has 0 radical (unpaired) electrons. The van der Waals surface area contributed by atoms with Crippen molar-refractivity contribution in [2.75, 3.05) is 27.2 Å². The van der Waals surface area contributed by atoms with E-state index in [1.807, 2.05) is 19.3 Å². The van der Waals surface area contributed by atoms with Crippen LogP contribution < -0.4 is 5.32 Å². The van der Waals surface area contributed by atoms with Crippen LogP contribution in [-0.2, 0) is 4.74 Å². The van der Waals surface area contributed by atoms with Crippen molar-refractivity contribution in [1.29, 1.82) is 0 Å². The zero-order valence-electron chi connectivity index (χ0n) is 7.92. The molecule has 1 aliphatic rings. The highest BCUT2D eigenvalue weighted by molar-refractivity contribution is 5.19. The molecule has 0 amide bonds. The number of rotatable bonds is 2. The number of hydrogen-bond donors (Lipinski definition) is 1. The van der Waals surface area contributed by atoms with Crippen molar-refractivity contribution < 1.29 is 4.74 Å². The lowest BCUT2D eigenvalue weighted by Crippen LogP contribution is -2.27. The summed E-state index contributed by atoms with van der Waals surface area (Å²) in [5.41, 5.74) is 1.19. The lowest BCUT2D eigenvalue weighted by molar-refractivity contribution is 0.153. The molecule has 3 nitrogen and oxygen atoms in total. The summed E-state index contributed by atoms with van der Waals surface area (Å²) in [5, 5.41) is 2.94. The van der Waals surface area contributed by atoms with Gasteiger partial charge in [0.1, 0.15) is 12.4 Å². The second-order valence-electron chi connectivity index (χ2n) is 2.84. The first kappa shape index (κ1) is 8.97. The van der Waals surface area contributed by atoms with Crippen molar-refractivity contribution in [3.05, 3.63) is 23.7 Å². The Hall–Kier alpha value is -1.12. The molecule has 0 unspecified atom stereocenters. The fraction of sp³-hybridized carbons (Fsp3) is 0.556. The van der Waals surface area contributed by atoms with Gasteiger partial charge in [-0.15, -0.1) is 0 Å². The fourth-order valence-corrected chi connectivity index (χ4v) is 1.08. The summed E-state index contributed by atoms with van der Waals surface area (Å²) in [7, 11) is 3.95. The topological polar surface area (TPSA) is 24.5 Å². The summed E-state index contributed by atoms with van der Waals surface area (Å²) >= 11 is 0. The molecule has 3 heteroatoms. The molecule has 0 fully saturated rings. The number of nitrogens with one attached hydrogen (secondary N) is 1. The third kappa shape index (κ3) is 1.94. The molecule has 0 aromatic carbocycles. The maximum atomic E-state index is 5.47. The third-order valence-electron chi connectivity index (χ3n) is 2.01. The molecule has 0 atom stereocenters. The molecule has 68 valence electrons. The monoisotopic (exact) mass is 168 g/mol. The Morgan fingerprint density at radius 2 is 2.33 bits per heavy atom. The predicted octanol–water partition coefficient (Wildman–Crippen LogP) is 0.913. The van der Waals surface area contributed by atoms with E-state index in [1.54, 1.807) is 0 Å². The van der Waals surface area contributed by atoms with E-state index in [1.165, 1.54) is 5.70 Å². The Kier molecular flexibility index (Phi) is 3.02. The van der Waals surface area contributed by atoms with Crippen LogP contribution in [0.2, 0.25) is 0 Å². The maximum Gasteiger partial charge on any atom is 0.139 e. The van der Waals surface area contributed by atoms with E-state index >= 15 is 0 Å². The molecule has 1 aliphatic heterocycles. The van der Waals surface area contributed by atoms with Crippen LogP contribution in [0.25, 0.3) is 0 Å². The second kappa shape index (κ2) is 4.04. The minimum absolute atomic E-state index is 0.775. The number of ether oxygens (including phenoxy) is 1. The largest absolute Gasteiger partial charge is 0.490 e. The number of likely N-dealkylation sites (N-methyl/N-ethyl adjacent to an activating group) is 1. The Morgan fingerprint density at radius 1 is 1.58 bits per heavy atom. The highest BCUT2D eigenvalue weighted by Crippen LogP contribution is 2.15. The van der Waals surface area contributed by atoms with E-state index in [-0.39, 0.29) is 0 Å². The molecular weight excluding hydrogens is 152 g/mol. The minimum Gasteiger partial charge on any atom is -0.490 e. The van der Waals surface area contributed by atoms with Crippen molar-refractivity contribution in [2.24, 2.45) is 0 Å². The summed E-state index contributed by atoms with van der Waals surface area (Å²) in [6.07, 6.45) is 3.82. The number of nitrogens with zero attached hydrogens (tertiary/aromatic N) is 1. The van der Waals surface area contributed by atoms with Crippen LogP contribution in [0.3, 0.4) is 0 Å². The lowest BCUT2D eigenvalue weighted by Gasteiger charge is -2.27. The quantitative estimate of drug-likeness (QED) is 0.663. The van der Waals surface area contributed by atoms with Crippen LogP contribution in [0.4, 0.5) is 0 Å².